The van der Waals surface area contributed by atoms with E-state index in [1.165, 1.54) is 0 Å². The number of ether oxygens (including phenoxy) is 1. The third-order valence-corrected chi connectivity index (χ3v) is 6.53. The Hall–Kier alpha value is -4.66. The number of carbonyl (C=O) groups excluding carboxylic acids is 3. The normalized spacial score (nSPS) is 13.5. The SMILES string of the molecule is NC(=O)C(=O)NCCCCNC(=O)c1ccc(Nc2nc(NC3(c4ccc(Cl)cc4)CC3)nc(OCC(F)(F)F)n2)cc1. The highest BCUT2D eigenvalue weighted by Gasteiger charge is 2.45. The van der Waals surface area contributed by atoms with Gasteiger partial charge in [-0.25, -0.2) is 0 Å². The fourth-order valence-corrected chi connectivity index (χ4v) is 4.08. The molecule has 3 aromatic rings. The largest absolute Gasteiger partial charge is 0.454 e. The molecule has 4 rings (SSSR count). The first-order chi connectivity index (χ1) is 20.4. The molecular weight excluding hydrogens is 593 g/mol. The quantitative estimate of drug-likeness (QED) is 0.142. The van der Waals surface area contributed by atoms with Gasteiger partial charge in [-0.05, 0) is 67.6 Å². The number of nitrogens with two attached hydrogens (primary N) is 1. The van der Waals surface area contributed by atoms with E-state index in [0.29, 0.717) is 35.7 Å². The van der Waals surface area contributed by atoms with Gasteiger partial charge in [-0.2, -0.15) is 28.1 Å². The number of hydrogen-bond donors (Lipinski definition) is 5. The Morgan fingerprint density at radius 2 is 1.53 bits per heavy atom. The Kier molecular flexibility index (Phi) is 9.85. The van der Waals surface area contributed by atoms with Crippen molar-refractivity contribution in [2.24, 2.45) is 5.73 Å². The highest BCUT2D eigenvalue weighted by Crippen LogP contribution is 2.48. The van der Waals surface area contributed by atoms with Crippen LogP contribution in [0.15, 0.2) is 48.5 Å². The minimum absolute atomic E-state index is 0.0207. The van der Waals surface area contributed by atoms with E-state index >= 15 is 0 Å². The molecule has 1 aliphatic carbocycles. The number of alkyl halides is 3. The number of aromatic nitrogens is 3. The molecule has 1 heterocycles. The van der Waals surface area contributed by atoms with E-state index in [9.17, 15) is 27.6 Å². The van der Waals surface area contributed by atoms with E-state index in [1.807, 2.05) is 12.1 Å². The molecule has 0 spiro atoms. The number of nitrogens with one attached hydrogen (secondary N) is 4. The Morgan fingerprint density at radius 3 is 2.14 bits per heavy atom. The van der Waals surface area contributed by atoms with Gasteiger partial charge in [0.05, 0.1) is 5.54 Å². The summed E-state index contributed by atoms with van der Waals surface area (Å²) in [6.07, 6.45) is -2.01. The standard InChI is InChI=1S/C27H28ClF3N8O4/c28-18-7-5-17(6-8-18)26(11-12-26)39-24-36-23(37-25(38-24)43-15-27(29,30)31)35-19-9-3-16(4-10-19)21(41)33-13-1-2-14-34-22(42)20(32)40/h3-10H,1-2,11-15H2,(H2,32,40)(H,33,41)(H,34,42)(H2,35,36,37,38,39). The Morgan fingerprint density at radius 1 is 0.907 bits per heavy atom. The number of rotatable bonds is 13. The van der Waals surface area contributed by atoms with Crippen LogP contribution in [0.2, 0.25) is 5.02 Å². The third kappa shape index (κ3) is 9.43. The smallest absolute Gasteiger partial charge is 0.422 e. The molecule has 1 aromatic heterocycles. The van der Waals surface area contributed by atoms with Crippen molar-refractivity contribution in [3.05, 3.63) is 64.7 Å². The Bertz CT molecular complexity index is 1450. The number of carbonyl (C=O) groups is 3. The van der Waals surface area contributed by atoms with Crippen LogP contribution in [-0.2, 0) is 15.1 Å². The molecule has 0 atom stereocenters. The van der Waals surface area contributed by atoms with Crippen molar-refractivity contribution in [2.45, 2.75) is 37.4 Å². The summed E-state index contributed by atoms with van der Waals surface area (Å²) in [6.45, 7) is -0.994. The van der Waals surface area contributed by atoms with Crippen LogP contribution >= 0.6 is 11.6 Å². The molecule has 1 fully saturated rings. The van der Waals surface area contributed by atoms with E-state index in [2.05, 4.69) is 36.2 Å². The summed E-state index contributed by atoms with van der Waals surface area (Å²) in [5.74, 6) is -2.30. The summed E-state index contributed by atoms with van der Waals surface area (Å²) in [6, 6.07) is 12.9. The van der Waals surface area contributed by atoms with Crippen LogP contribution in [0.4, 0.5) is 30.8 Å². The lowest BCUT2D eigenvalue weighted by Crippen LogP contribution is -2.36. The summed E-state index contributed by atoms with van der Waals surface area (Å²) in [4.78, 5) is 46.5. The summed E-state index contributed by atoms with van der Waals surface area (Å²) < 4.78 is 43.2. The molecule has 6 N–H and O–H groups in total. The van der Waals surface area contributed by atoms with Crippen molar-refractivity contribution in [1.82, 2.24) is 25.6 Å². The molecule has 0 aliphatic heterocycles. The van der Waals surface area contributed by atoms with Gasteiger partial charge in [0.2, 0.25) is 11.9 Å². The summed E-state index contributed by atoms with van der Waals surface area (Å²) in [7, 11) is 0. The van der Waals surface area contributed by atoms with Crippen molar-refractivity contribution in [3.63, 3.8) is 0 Å². The minimum atomic E-state index is -4.59. The maximum atomic E-state index is 12.8. The van der Waals surface area contributed by atoms with Crippen molar-refractivity contribution in [2.75, 3.05) is 30.3 Å². The molecule has 1 saturated carbocycles. The zero-order chi connectivity index (χ0) is 31.0. The van der Waals surface area contributed by atoms with Gasteiger partial charge in [0, 0.05) is 29.4 Å². The average molecular weight is 621 g/mol. The second kappa shape index (κ2) is 13.5. The lowest BCUT2D eigenvalue weighted by molar-refractivity contribution is -0.154. The van der Waals surface area contributed by atoms with E-state index in [-0.39, 0.29) is 24.3 Å². The first-order valence-corrected chi connectivity index (χ1v) is 13.5. The fraction of sp³-hybridized carbons (Fsp3) is 0.333. The molecular formula is C27H28ClF3N8O4. The van der Waals surface area contributed by atoms with Gasteiger partial charge in [-0.15, -0.1) is 0 Å². The molecule has 0 saturated heterocycles. The number of halogens is 4. The van der Waals surface area contributed by atoms with Gasteiger partial charge in [0.1, 0.15) is 0 Å². The van der Waals surface area contributed by atoms with Crippen molar-refractivity contribution >= 4 is 46.9 Å². The third-order valence-electron chi connectivity index (χ3n) is 6.28. The van der Waals surface area contributed by atoms with E-state index in [1.54, 1.807) is 36.4 Å². The zero-order valence-corrected chi connectivity index (χ0v) is 23.4. The molecule has 1 aliphatic rings. The topological polar surface area (TPSA) is 173 Å². The second-order valence-electron chi connectivity index (χ2n) is 9.67. The number of unbranched alkanes of at least 4 members (excludes halogenated alkanes) is 1. The molecule has 228 valence electrons. The number of nitrogens with zero attached hydrogens (tertiary/aromatic N) is 3. The highest BCUT2D eigenvalue weighted by molar-refractivity contribution is 6.34. The summed E-state index contributed by atoms with van der Waals surface area (Å²) in [5.41, 5.74) is 6.09. The molecule has 2 aromatic carbocycles. The van der Waals surface area contributed by atoms with Crippen LogP contribution in [0.1, 0.15) is 41.6 Å². The van der Waals surface area contributed by atoms with Crippen LogP contribution in [0.3, 0.4) is 0 Å². The van der Waals surface area contributed by atoms with Gasteiger partial charge in [0.25, 0.3) is 5.91 Å². The monoisotopic (exact) mass is 620 g/mol. The van der Waals surface area contributed by atoms with Crippen molar-refractivity contribution < 1.29 is 32.3 Å². The van der Waals surface area contributed by atoms with Crippen LogP contribution in [0.25, 0.3) is 0 Å². The van der Waals surface area contributed by atoms with Gasteiger partial charge in [-0.3, -0.25) is 14.4 Å². The highest BCUT2D eigenvalue weighted by atomic mass is 35.5. The predicted molar refractivity (Wildman–Crippen MR) is 151 cm³/mol. The van der Waals surface area contributed by atoms with E-state index in [0.717, 1.165) is 18.4 Å². The summed E-state index contributed by atoms with van der Waals surface area (Å²) >= 11 is 6.00. The first kappa shape index (κ1) is 31.3. The van der Waals surface area contributed by atoms with Gasteiger partial charge in [0.15, 0.2) is 6.61 Å². The maximum absolute atomic E-state index is 12.8. The molecule has 12 nitrogen and oxygen atoms in total. The lowest BCUT2D eigenvalue weighted by atomic mass is 10.1. The van der Waals surface area contributed by atoms with Crippen LogP contribution in [0.5, 0.6) is 6.01 Å². The van der Waals surface area contributed by atoms with Gasteiger partial charge >= 0.3 is 24.0 Å². The molecule has 43 heavy (non-hydrogen) atoms. The summed E-state index contributed by atoms with van der Waals surface area (Å²) in [5, 5.41) is 11.8. The van der Waals surface area contributed by atoms with Gasteiger partial charge < -0.3 is 31.7 Å². The first-order valence-electron chi connectivity index (χ1n) is 13.2. The minimum Gasteiger partial charge on any atom is -0.454 e. The second-order valence-corrected chi connectivity index (χ2v) is 10.1. The van der Waals surface area contributed by atoms with Crippen LogP contribution < -0.4 is 31.7 Å². The van der Waals surface area contributed by atoms with Gasteiger partial charge in [-0.1, -0.05) is 23.7 Å². The molecule has 0 unspecified atom stereocenters. The number of primary amides is 1. The maximum Gasteiger partial charge on any atom is 0.422 e. The zero-order valence-electron chi connectivity index (χ0n) is 22.6. The Balaban J connectivity index is 1.38. The van der Waals surface area contributed by atoms with Crippen molar-refractivity contribution in [3.8, 4) is 6.01 Å². The predicted octanol–water partition coefficient (Wildman–Crippen LogP) is 3.42. The number of amides is 3. The van der Waals surface area contributed by atoms with Crippen LogP contribution in [-0.4, -0.2) is 58.5 Å². The molecule has 16 heteroatoms. The number of anilines is 3. The van der Waals surface area contributed by atoms with E-state index < -0.39 is 36.1 Å². The van der Waals surface area contributed by atoms with Crippen molar-refractivity contribution in [1.29, 1.82) is 0 Å². The lowest BCUT2D eigenvalue weighted by Gasteiger charge is -2.19. The molecule has 0 radical (unpaired) electrons. The number of hydrogen-bond acceptors (Lipinski definition) is 9. The number of benzene rings is 2. The molecule has 0 bridgehead atoms. The Labute approximate surface area is 249 Å². The van der Waals surface area contributed by atoms with Crippen LogP contribution in [0, 0.1) is 0 Å². The fourth-order valence-electron chi connectivity index (χ4n) is 3.95. The average Bonchev–Trinajstić information content (AvgIpc) is 3.74. The molecule has 3 amide bonds. The van der Waals surface area contributed by atoms with E-state index in [4.69, 9.17) is 22.1 Å².